The van der Waals surface area contributed by atoms with Crippen LogP contribution >= 0.6 is 0 Å². The molecule has 0 aromatic heterocycles. The van der Waals surface area contributed by atoms with Crippen LogP contribution in [-0.2, 0) is 6.42 Å². The molecular weight excluding hydrogens is 188 g/mol. The molecule has 1 aromatic rings. The molecule has 0 saturated heterocycles. The van der Waals surface area contributed by atoms with E-state index >= 15 is 0 Å². The Hall–Kier alpha value is -1.83. The minimum atomic E-state index is -0.117. The fourth-order valence-corrected chi connectivity index (χ4v) is 1.34. The van der Waals surface area contributed by atoms with Crippen molar-refractivity contribution in [1.29, 1.82) is 0 Å². The summed E-state index contributed by atoms with van der Waals surface area (Å²) in [6.45, 7) is 7.12. The molecule has 15 heavy (non-hydrogen) atoms. The zero-order valence-corrected chi connectivity index (χ0v) is 8.57. The number of phenols is 1. The molecule has 0 bridgehead atoms. The largest absolute Gasteiger partial charge is 0.507 e. The van der Waals surface area contributed by atoms with Crippen molar-refractivity contribution in [3.8, 4) is 5.75 Å². The highest BCUT2D eigenvalue weighted by Crippen LogP contribution is 2.20. The number of aromatic hydroxyl groups is 1. The van der Waals surface area contributed by atoms with Crippen molar-refractivity contribution < 1.29 is 9.90 Å². The third-order valence-corrected chi connectivity index (χ3v) is 2.07. The lowest BCUT2D eigenvalue weighted by molar-refractivity contribution is 0.0993. The summed E-state index contributed by atoms with van der Waals surface area (Å²) in [5.74, 6) is -0.0944. The molecule has 0 aliphatic carbocycles. The SMILES string of the molecule is C=CCC(=O)c1cc(CC=C)ccc1O. The second-order valence-electron chi connectivity index (χ2n) is 3.26. The molecule has 0 fully saturated rings. The van der Waals surface area contributed by atoms with E-state index in [9.17, 15) is 9.90 Å². The van der Waals surface area contributed by atoms with Gasteiger partial charge in [-0.3, -0.25) is 4.79 Å². The van der Waals surface area contributed by atoms with Crippen molar-refractivity contribution in [1.82, 2.24) is 0 Å². The van der Waals surface area contributed by atoms with Gasteiger partial charge in [0.1, 0.15) is 5.75 Å². The van der Waals surface area contributed by atoms with Crippen LogP contribution in [0.2, 0.25) is 0 Å². The van der Waals surface area contributed by atoms with Crippen LogP contribution in [0.4, 0.5) is 0 Å². The summed E-state index contributed by atoms with van der Waals surface area (Å²) in [5.41, 5.74) is 1.32. The molecule has 78 valence electrons. The van der Waals surface area contributed by atoms with E-state index in [0.29, 0.717) is 12.0 Å². The van der Waals surface area contributed by atoms with Crippen LogP contribution in [0, 0.1) is 0 Å². The topological polar surface area (TPSA) is 37.3 Å². The smallest absolute Gasteiger partial charge is 0.170 e. The summed E-state index contributed by atoms with van der Waals surface area (Å²) in [5, 5.41) is 9.52. The van der Waals surface area contributed by atoms with Crippen LogP contribution in [-0.4, -0.2) is 10.9 Å². The predicted octanol–water partition coefficient (Wildman–Crippen LogP) is 2.88. The first-order valence-corrected chi connectivity index (χ1v) is 4.76. The van der Waals surface area contributed by atoms with Crippen molar-refractivity contribution in [2.24, 2.45) is 0 Å². The number of rotatable bonds is 5. The van der Waals surface area contributed by atoms with Gasteiger partial charge in [0.15, 0.2) is 5.78 Å². The van der Waals surface area contributed by atoms with Gasteiger partial charge in [-0.1, -0.05) is 18.2 Å². The Labute approximate surface area is 89.6 Å². The van der Waals surface area contributed by atoms with Crippen LogP contribution in [0.5, 0.6) is 5.75 Å². The summed E-state index contributed by atoms with van der Waals surface area (Å²) in [6, 6.07) is 5.01. The number of Topliss-reactive ketones (excluding diaryl/α,β-unsaturated/α-hetero) is 1. The molecule has 0 heterocycles. The summed E-state index contributed by atoms with van der Waals surface area (Å²) < 4.78 is 0. The molecule has 0 aliphatic heterocycles. The number of carbonyl (C=O) groups is 1. The van der Waals surface area contributed by atoms with Gasteiger partial charge in [-0.25, -0.2) is 0 Å². The van der Waals surface area contributed by atoms with Crippen LogP contribution in [0.25, 0.3) is 0 Å². The lowest BCUT2D eigenvalue weighted by Crippen LogP contribution is -1.98. The number of benzene rings is 1. The average molecular weight is 202 g/mol. The van der Waals surface area contributed by atoms with E-state index in [0.717, 1.165) is 5.56 Å². The van der Waals surface area contributed by atoms with E-state index in [-0.39, 0.29) is 18.0 Å². The standard InChI is InChI=1S/C13H14O2/c1-3-5-10-7-8-13(15)11(9-10)12(14)6-4-2/h3-4,7-9,15H,1-2,5-6H2. The van der Waals surface area contributed by atoms with Crippen molar-refractivity contribution in [3.05, 3.63) is 54.6 Å². The zero-order valence-electron chi connectivity index (χ0n) is 8.57. The maximum Gasteiger partial charge on any atom is 0.170 e. The van der Waals surface area contributed by atoms with Gasteiger partial charge in [0, 0.05) is 6.42 Å². The summed E-state index contributed by atoms with van der Waals surface area (Å²) in [7, 11) is 0. The molecule has 2 nitrogen and oxygen atoms in total. The predicted molar refractivity (Wildman–Crippen MR) is 61.2 cm³/mol. The van der Waals surface area contributed by atoms with E-state index in [2.05, 4.69) is 13.2 Å². The number of hydrogen-bond acceptors (Lipinski definition) is 2. The minimum Gasteiger partial charge on any atom is -0.507 e. The molecule has 0 radical (unpaired) electrons. The quantitative estimate of drug-likeness (QED) is 0.588. The van der Waals surface area contributed by atoms with Gasteiger partial charge in [0.25, 0.3) is 0 Å². The summed E-state index contributed by atoms with van der Waals surface area (Å²) in [6.07, 6.45) is 4.22. The number of hydrogen-bond donors (Lipinski definition) is 1. The first-order chi connectivity index (χ1) is 7.19. The number of allylic oxidation sites excluding steroid dienone is 2. The maximum absolute atomic E-state index is 11.6. The molecule has 1 rings (SSSR count). The Balaban J connectivity index is 3.03. The Morgan fingerprint density at radius 1 is 1.33 bits per heavy atom. The first kappa shape index (κ1) is 11.2. The van der Waals surface area contributed by atoms with Crippen LogP contribution in [0.3, 0.4) is 0 Å². The van der Waals surface area contributed by atoms with E-state index in [4.69, 9.17) is 0 Å². The number of carbonyl (C=O) groups excluding carboxylic acids is 1. The molecular formula is C13H14O2. The van der Waals surface area contributed by atoms with Crippen molar-refractivity contribution in [2.45, 2.75) is 12.8 Å². The van der Waals surface area contributed by atoms with Gasteiger partial charge >= 0.3 is 0 Å². The second-order valence-corrected chi connectivity index (χ2v) is 3.26. The van der Waals surface area contributed by atoms with Crippen LogP contribution < -0.4 is 0 Å². The van der Waals surface area contributed by atoms with E-state index in [1.165, 1.54) is 12.1 Å². The highest BCUT2D eigenvalue weighted by atomic mass is 16.3. The van der Waals surface area contributed by atoms with E-state index in [1.807, 2.05) is 0 Å². The Kier molecular flexibility index (Phi) is 3.86. The normalized spacial score (nSPS) is 9.60. The Bertz CT molecular complexity index is 392. The van der Waals surface area contributed by atoms with E-state index in [1.54, 1.807) is 18.2 Å². The van der Waals surface area contributed by atoms with E-state index < -0.39 is 0 Å². The van der Waals surface area contributed by atoms with Gasteiger partial charge in [-0.15, -0.1) is 13.2 Å². The molecule has 0 unspecified atom stereocenters. The molecule has 0 spiro atoms. The fraction of sp³-hybridized carbons (Fsp3) is 0.154. The van der Waals surface area contributed by atoms with Gasteiger partial charge < -0.3 is 5.11 Å². The van der Waals surface area contributed by atoms with Gasteiger partial charge in [0.2, 0.25) is 0 Å². The maximum atomic E-state index is 11.6. The molecule has 1 aromatic carbocycles. The number of ketones is 1. The van der Waals surface area contributed by atoms with Crippen molar-refractivity contribution in [2.75, 3.05) is 0 Å². The Morgan fingerprint density at radius 2 is 2.07 bits per heavy atom. The summed E-state index contributed by atoms with van der Waals surface area (Å²) >= 11 is 0. The molecule has 0 saturated carbocycles. The molecule has 2 heteroatoms. The van der Waals surface area contributed by atoms with Crippen molar-refractivity contribution >= 4 is 5.78 Å². The van der Waals surface area contributed by atoms with Gasteiger partial charge in [-0.05, 0) is 24.1 Å². The minimum absolute atomic E-state index is 0.0228. The van der Waals surface area contributed by atoms with Crippen LogP contribution in [0.1, 0.15) is 22.3 Å². The molecule has 1 N–H and O–H groups in total. The molecule has 0 aliphatic rings. The number of phenolic OH excluding ortho intramolecular Hbond substituents is 1. The average Bonchev–Trinajstić information content (AvgIpc) is 2.21. The lowest BCUT2D eigenvalue weighted by Gasteiger charge is -2.04. The summed E-state index contributed by atoms with van der Waals surface area (Å²) in [4.78, 5) is 11.6. The van der Waals surface area contributed by atoms with Gasteiger partial charge in [0.05, 0.1) is 5.56 Å². The highest BCUT2D eigenvalue weighted by Gasteiger charge is 2.09. The highest BCUT2D eigenvalue weighted by molar-refractivity contribution is 5.99. The monoisotopic (exact) mass is 202 g/mol. The molecule has 0 atom stereocenters. The lowest BCUT2D eigenvalue weighted by atomic mass is 10.0. The van der Waals surface area contributed by atoms with Gasteiger partial charge in [-0.2, -0.15) is 0 Å². The van der Waals surface area contributed by atoms with Crippen molar-refractivity contribution in [3.63, 3.8) is 0 Å². The Morgan fingerprint density at radius 3 is 2.67 bits per heavy atom. The molecule has 0 amide bonds. The third kappa shape index (κ3) is 2.81. The second kappa shape index (κ2) is 5.15. The fourth-order valence-electron chi connectivity index (χ4n) is 1.34. The zero-order chi connectivity index (χ0) is 11.3. The first-order valence-electron chi connectivity index (χ1n) is 4.76. The van der Waals surface area contributed by atoms with Crippen LogP contribution in [0.15, 0.2) is 43.5 Å². The third-order valence-electron chi connectivity index (χ3n) is 2.07.